The van der Waals surface area contributed by atoms with Crippen molar-refractivity contribution in [2.75, 3.05) is 11.9 Å². The van der Waals surface area contributed by atoms with Gasteiger partial charge in [0.15, 0.2) is 5.69 Å². The van der Waals surface area contributed by atoms with Crippen LogP contribution in [0.4, 0.5) is 5.69 Å². The van der Waals surface area contributed by atoms with E-state index < -0.39 is 17.0 Å². The summed E-state index contributed by atoms with van der Waals surface area (Å²) in [6.07, 6.45) is 0.524. The van der Waals surface area contributed by atoms with Crippen molar-refractivity contribution in [1.82, 2.24) is 14.7 Å². The van der Waals surface area contributed by atoms with Gasteiger partial charge in [-0.3, -0.25) is 9.53 Å². The van der Waals surface area contributed by atoms with Crippen molar-refractivity contribution in [2.45, 2.75) is 52.8 Å². The van der Waals surface area contributed by atoms with Gasteiger partial charge in [0.2, 0.25) is 5.88 Å². The third kappa shape index (κ3) is 7.94. The molecule has 0 atom stereocenters. The summed E-state index contributed by atoms with van der Waals surface area (Å²) in [5.41, 5.74) is 5.49. The predicted octanol–water partition coefficient (Wildman–Crippen LogP) is 0.642. The molecule has 9 nitrogen and oxygen atoms in total. The number of hydrogen-bond acceptors (Lipinski definition) is 7. The number of nitrogens with one attached hydrogen (secondary N) is 1. The summed E-state index contributed by atoms with van der Waals surface area (Å²) >= 11 is 0. The largest absolute Gasteiger partial charge is 1.00 e. The molecule has 38 heavy (non-hydrogen) atoms. The zero-order valence-corrected chi connectivity index (χ0v) is 24.4. The van der Waals surface area contributed by atoms with Crippen LogP contribution in [0.1, 0.15) is 42.7 Å². The van der Waals surface area contributed by atoms with Crippen molar-refractivity contribution in [3.8, 4) is 17.0 Å². The monoisotopic (exact) mass is 526 g/mol. The van der Waals surface area contributed by atoms with E-state index in [0.717, 1.165) is 43.9 Å². The molecule has 4 rings (SSSR count). The van der Waals surface area contributed by atoms with Gasteiger partial charge in [0.05, 0.1) is 12.2 Å². The molecule has 4 aromatic rings. The molecule has 0 saturated carbocycles. The Labute approximate surface area is 243 Å². The van der Waals surface area contributed by atoms with Crippen LogP contribution in [-0.4, -0.2) is 27.0 Å². The van der Waals surface area contributed by atoms with Gasteiger partial charge in [0, 0.05) is 42.5 Å². The molecule has 0 aliphatic heterocycles. The topological polar surface area (TPSA) is 121 Å². The zero-order valence-electron chi connectivity index (χ0n) is 22.4. The van der Waals surface area contributed by atoms with Crippen LogP contribution in [0.25, 0.3) is 11.1 Å². The number of ether oxygens (including phenoxy) is 1. The van der Waals surface area contributed by atoms with E-state index in [-0.39, 0.29) is 36.1 Å². The molecule has 10 heteroatoms. The van der Waals surface area contributed by atoms with Crippen molar-refractivity contribution in [1.29, 1.82) is 0 Å². The Hall–Kier alpha value is -3.11. The summed E-state index contributed by atoms with van der Waals surface area (Å²) in [6.45, 7) is 8.71. The standard InChI is InChI=1S/C28H32N4O5.Na/c1-18-14-24(36-13-12-28(3,4)35)30-19(2)25(18)22-7-5-6-21(15-22)16-29-23-10-8-20(9-11-23)17-32-26(33)31-27(34)37-32;/h5-11,14-15,29,35H,12-13,16-17H2,1-4H3,(H,31,33,34);/q;+1/p-1. The number of anilines is 1. The van der Waals surface area contributed by atoms with Crippen molar-refractivity contribution in [3.05, 3.63) is 98.0 Å². The van der Waals surface area contributed by atoms with Gasteiger partial charge < -0.3 is 24.7 Å². The van der Waals surface area contributed by atoms with Gasteiger partial charge in [-0.05, 0) is 68.1 Å². The quantitative estimate of drug-likeness (QED) is 0.289. The van der Waals surface area contributed by atoms with Crippen LogP contribution in [0.5, 0.6) is 5.88 Å². The second kappa shape index (κ2) is 12.6. The van der Waals surface area contributed by atoms with Gasteiger partial charge in [-0.2, -0.15) is 0 Å². The number of aromatic nitrogens is 3. The van der Waals surface area contributed by atoms with Crippen LogP contribution in [-0.2, 0) is 13.1 Å². The minimum absolute atomic E-state index is 0. The molecule has 0 bridgehead atoms. The van der Waals surface area contributed by atoms with E-state index in [9.17, 15) is 14.7 Å². The van der Waals surface area contributed by atoms with Gasteiger partial charge in [-0.15, -0.1) is 0 Å². The fourth-order valence-corrected chi connectivity index (χ4v) is 4.03. The minimum Gasteiger partial charge on any atom is -0.478 e. The van der Waals surface area contributed by atoms with E-state index in [2.05, 4.69) is 33.5 Å². The van der Waals surface area contributed by atoms with E-state index in [1.54, 1.807) is 13.8 Å². The first-order chi connectivity index (χ1) is 17.6. The van der Waals surface area contributed by atoms with E-state index in [1.165, 1.54) is 0 Å². The maximum absolute atomic E-state index is 11.6. The third-order valence-corrected chi connectivity index (χ3v) is 5.92. The average molecular weight is 527 g/mol. The Morgan fingerprint density at radius 1 is 1.08 bits per heavy atom. The van der Waals surface area contributed by atoms with Gasteiger partial charge in [-0.1, -0.05) is 30.3 Å². The van der Waals surface area contributed by atoms with Crippen LogP contribution < -0.4 is 56.0 Å². The molecule has 0 unspecified atom stereocenters. The normalized spacial score (nSPS) is 11.2. The maximum atomic E-state index is 11.6. The van der Waals surface area contributed by atoms with Crippen molar-refractivity contribution < 1.29 is 43.9 Å². The van der Waals surface area contributed by atoms with Gasteiger partial charge in [-0.25, -0.2) is 9.78 Å². The number of pyridine rings is 1. The predicted molar refractivity (Wildman–Crippen MR) is 141 cm³/mol. The average Bonchev–Trinajstić information content (AvgIpc) is 3.14. The fourth-order valence-electron chi connectivity index (χ4n) is 4.03. The van der Waals surface area contributed by atoms with Gasteiger partial charge in [0.1, 0.15) is 0 Å². The molecule has 2 N–H and O–H groups in total. The minimum atomic E-state index is -0.891. The summed E-state index contributed by atoms with van der Waals surface area (Å²) in [5, 5.41) is 13.3. The molecule has 2 heterocycles. The van der Waals surface area contributed by atoms with Crippen LogP contribution in [0.3, 0.4) is 0 Å². The molecule has 0 spiro atoms. The van der Waals surface area contributed by atoms with E-state index >= 15 is 0 Å². The first-order valence-corrected chi connectivity index (χ1v) is 12.1. The molecule has 0 amide bonds. The summed E-state index contributed by atoms with van der Waals surface area (Å²) in [6, 6.07) is 17.8. The van der Waals surface area contributed by atoms with Crippen LogP contribution in [0, 0.1) is 13.8 Å². The van der Waals surface area contributed by atoms with Crippen molar-refractivity contribution in [2.24, 2.45) is 0 Å². The third-order valence-electron chi connectivity index (χ3n) is 5.92. The Bertz CT molecular complexity index is 1460. The Morgan fingerprint density at radius 2 is 1.82 bits per heavy atom. The SMILES string of the molecule is Cc1cc(OCCC(C)(C)O)nc(C)c1-c1cccc(CNc2ccc(Cn3oc(=O)[n-]c3=O)cc2)c1.[Na+]. The Balaban J connectivity index is 0.00000400. The second-order valence-electron chi connectivity index (χ2n) is 9.69. The molecule has 0 fully saturated rings. The number of benzene rings is 2. The molecule has 0 aliphatic carbocycles. The summed E-state index contributed by atoms with van der Waals surface area (Å²) < 4.78 is 11.5. The smallest absolute Gasteiger partial charge is 0.478 e. The molecule has 2 aromatic carbocycles. The first kappa shape index (κ1) is 29.4. The van der Waals surface area contributed by atoms with Crippen molar-refractivity contribution in [3.63, 3.8) is 0 Å². The van der Waals surface area contributed by atoms with E-state index in [1.807, 2.05) is 50.2 Å². The van der Waals surface area contributed by atoms with E-state index in [0.29, 0.717) is 25.5 Å². The number of aliphatic hydroxyl groups is 1. The number of hydrogen-bond donors (Lipinski definition) is 2. The second-order valence-corrected chi connectivity index (χ2v) is 9.69. The molecule has 194 valence electrons. The molecule has 0 aliphatic rings. The van der Waals surface area contributed by atoms with E-state index in [4.69, 9.17) is 9.26 Å². The van der Waals surface area contributed by atoms with Crippen LogP contribution in [0.15, 0.2) is 68.7 Å². The summed E-state index contributed by atoms with van der Waals surface area (Å²) in [5.74, 6) is -0.330. The molecule has 0 radical (unpaired) electrons. The Morgan fingerprint density at radius 3 is 2.45 bits per heavy atom. The Kier molecular flexibility index (Phi) is 9.78. The molecule has 0 saturated heterocycles. The van der Waals surface area contributed by atoms with Crippen LogP contribution >= 0.6 is 0 Å². The molecular formula is C28H31N4NaO5. The molecule has 2 aromatic heterocycles. The number of rotatable bonds is 10. The van der Waals surface area contributed by atoms with Gasteiger partial charge in [0.25, 0.3) is 0 Å². The fraction of sp³-hybridized carbons (Fsp3) is 0.321. The summed E-state index contributed by atoms with van der Waals surface area (Å²) in [4.78, 5) is 30.5. The van der Waals surface area contributed by atoms with Crippen molar-refractivity contribution >= 4 is 5.69 Å². The molecular weight excluding hydrogens is 495 g/mol. The maximum Gasteiger partial charge on any atom is 1.00 e. The number of nitrogens with zero attached hydrogens (tertiary/aromatic N) is 3. The number of aryl methyl sites for hydroxylation is 2. The first-order valence-electron chi connectivity index (χ1n) is 12.1. The van der Waals surface area contributed by atoms with Gasteiger partial charge >= 0.3 is 35.3 Å². The summed E-state index contributed by atoms with van der Waals surface area (Å²) in [7, 11) is 0. The van der Waals surface area contributed by atoms with Crippen LogP contribution in [0.2, 0.25) is 0 Å². The zero-order chi connectivity index (χ0) is 26.6.